The largest absolute Gasteiger partial charge is 0.469 e. The molecule has 2 aromatic carbocycles. The molecule has 0 saturated carbocycles. The Morgan fingerprint density at radius 1 is 0.917 bits per heavy atom. The molecule has 1 atom stereocenters. The van der Waals surface area contributed by atoms with Crippen molar-refractivity contribution in [3.63, 3.8) is 0 Å². The highest BCUT2D eigenvalue weighted by molar-refractivity contribution is 5.96. The second-order valence-electron chi connectivity index (χ2n) is 5.25. The molecule has 4 heteroatoms. The van der Waals surface area contributed by atoms with Crippen molar-refractivity contribution in [1.29, 1.82) is 0 Å². The molecule has 0 aromatic heterocycles. The van der Waals surface area contributed by atoms with Crippen LogP contribution >= 0.6 is 0 Å². The number of ether oxygens (including phenoxy) is 2. The lowest BCUT2D eigenvalue weighted by molar-refractivity contribution is -0.141. The van der Waals surface area contributed by atoms with Crippen LogP contribution in [0.3, 0.4) is 0 Å². The number of esters is 2. The molecule has 2 rings (SSSR count). The molecular formula is C20H20O4. The van der Waals surface area contributed by atoms with Crippen molar-refractivity contribution >= 4 is 18.0 Å². The van der Waals surface area contributed by atoms with Gasteiger partial charge >= 0.3 is 11.9 Å². The van der Waals surface area contributed by atoms with Crippen LogP contribution in [0, 0.1) is 0 Å². The zero-order valence-corrected chi connectivity index (χ0v) is 13.8. The molecule has 0 N–H and O–H groups in total. The summed E-state index contributed by atoms with van der Waals surface area (Å²) in [5.41, 5.74) is 2.14. The van der Waals surface area contributed by atoms with E-state index < -0.39 is 11.9 Å². The van der Waals surface area contributed by atoms with Crippen molar-refractivity contribution in [1.82, 2.24) is 0 Å². The average molecular weight is 324 g/mol. The van der Waals surface area contributed by atoms with Gasteiger partial charge in [0.1, 0.15) is 0 Å². The van der Waals surface area contributed by atoms with Gasteiger partial charge in [0.05, 0.1) is 20.6 Å². The normalized spacial score (nSPS) is 12.3. The van der Waals surface area contributed by atoms with Gasteiger partial charge in [-0.05, 0) is 17.2 Å². The Balaban J connectivity index is 2.50. The van der Waals surface area contributed by atoms with Gasteiger partial charge in [-0.1, -0.05) is 60.7 Å². The molecule has 0 amide bonds. The molecule has 0 fully saturated rings. The second-order valence-corrected chi connectivity index (χ2v) is 5.25. The van der Waals surface area contributed by atoms with E-state index in [9.17, 15) is 9.59 Å². The van der Waals surface area contributed by atoms with E-state index in [1.165, 1.54) is 14.2 Å². The second kappa shape index (κ2) is 8.67. The van der Waals surface area contributed by atoms with Gasteiger partial charge in [-0.15, -0.1) is 0 Å². The summed E-state index contributed by atoms with van der Waals surface area (Å²) in [7, 11) is 2.67. The monoisotopic (exact) mass is 324 g/mol. The van der Waals surface area contributed by atoms with Crippen molar-refractivity contribution < 1.29 is 19.1 Å². The maximum absolute atomic E-state index is 12.4. The molecule has 4 nitrogen and oxygen atoms in total. The quantitative estimate of drug-likeness (QED) is 0.602. The van der Waals surface area contributed by atoms with Gasteiger partial charge in [0, 0.05) is 11.5 Å². The summed E-state index contributed by atoms with van der Waals surface area (Å²) in [5.74, 6) is -1.28. The fourth-order valence-corrected chi connectivity index (χ4v) is 2.49. The molecule has 0 bridgehead atoms. The predicted molar refractivity (Wildman–Crippen MR) is 92.3 cm³/mol. The van der Waals surface area contributed by atoms with Crippen molar-refractivity contribution in [2.45, 2.75) is 12.3 Å². The molecule has 124 valence electrons. The molecule has 0 aliphatic rings. The Hall–Kier alpha value is -2.88. The van der Waals surface area contributed by atoms with Gasteiger partial charge in [0.2, 0.25) is 0 Å². The first-order chi connectivity index (χ1) is 11.7. The molecule has 1 unspecified atom stereocenters. The first-order valence-electron chi connectivity index (χ1n) is 7.62. The van der Waals surface area contributed by atoms with Crippen LogP contribution in [0.15, 0.2) is 66.2 Å². The van der Waals surface area contributed by atoms with Crippen LogP contribution in [0.5, 0.6) is 0 Å². The van der Waals surface area contributed by atoms with E-state index >= 15 is 0 Å². The Labute approximate surface area is 141 Å². The SMILES string of the molecule is COC(=O)CC(/C(=C/c1ccccc1)C(=O)OC)c1ccccc1. The van der Waals surface area contributed by atoms with E-state index in [4.69, 9.17) is 9.47 Å². The lowest BCUT2D eigenvalue weighted by Gasteiger charge is -2.19. The molecule has 0 aliphatic heterocycles. The van der Waals surface area contributed by atoms with Gasteiger partial charge < -0.3 is 9.47 Å². The van der Waals surface area contributed by atoms with E-state index in [-0.39, 0.29) is 12.4 Å². The molecule has 0 spiro atoms. The molecule has 0 heterocycles. The minimum atomic E-state index is -0.461. The molecular weight excluding hydrogens is 304 g/mol. The Morgan fingerprint density at radius 2 is 1.50 bits per heavy atom. The number of hydrogen-bond donors (Lipinski definition) is 0. The maximum Gasteiger partial charge on any atom is 0.334 e. The summed E-state index contributed by atoms with van der Waals surface area (Å²) in [6, 6.07) is 18.9. The lowest BCUT2D eigenvalue weighted by Crippen LogP contribution is -2.17. The number of hydrogen-bond acceptors (Lipinski definition) is 4. The van der Waals surface area contributed by atoms with Crippen LogP contribution in [0.4, 0.5) is 0 Å². The summed E-state index contributed by atoms with van der Waals surface area (Å²) in [4.78, 5) is 24.2. The number of methoxy groups -OCH3 is 2. The van der Waals surface area contributed by atoms with Crippen LogP contribution < -0.4 is 0 Å². The third-order valence-corrected chi connectivity index (χ3v) is 3.72. The topological polar surface area (TPSA) is 52.6 Å². The summed E-state index contributed by atoms with van der Waals surface area (Å²) in [6.07, 6.45) is 1.82. The van der Waals surface area contributed by atoms with Crippen molar-refractivity contribution in [2.24, 2.45) is 0 Å². The smallest absolute Gasteiger partial charge is 0.334 e. The Morgan fingerprint density at radius 3 is 2.04 bits per heavy atom. The molecule has 0 aliphatic carbocycles. The van der Waals surface area contributed by atoms with E-state index in [0.717, 1.165) is 11.1 Å². The first kappa shape index (κ1) is 17.5. The van der Waals surface area contributed by atoms with Crippen LogP contribution in [0.1, 0.15) is 23.5 Å². The summed E-state index contributed by atoms with van der Waals surface area (Å²) in [5, 5.41) is 0. The van der Waals surface area contributed by atoms with Crippen LogP contribution in [0.2, 0.25) is 0 Å². The minimum Gasteiger partial charge on any atom is -0.469 e. The van der Waals surface area contributed by atoms with Crippen LogP contribution in [0.25, 0.3) is 6.08 Å². The number of carbonyl (C=O) groups is 2. The van der Waals surface area contributed by atoms with Gasteiger partial charge in [0.25, 0.3) is 0 Å². The van der Waals surface area contributed by atoms with Gasteiger partial charge in [-0.25, -0.2) is 4.79 Å². The molecule has 0 radical (unpaired) electrons. The zero-order chi connectivity index (χ0) is 17.4. The molecule has 24 heavy (non-hydrogen) atoms. The summed E-state index contributed by atoms with van der Waals surface area (Å²) < 4.78 is 9.74. The lowest BCUT2D eigenvalue weighted by atomic mass is 9.87. The highest BCUT2D eigenvalue weighted by atomic mass is 16.5. The van der Waals surface area contributed by atoms with Gasteiger partial charge in [-0.2, -0.15) is 0 Å². The third kappa shape index (κ3) is 4.56. The first-order valence-corrected chi connectivity index (χ1v) is 7.62. The number of rotatable bonds is 6. The van der Waals surface area contributed by atoms with Crippen LogP contribution in [-0.4, -0.2) is 26.2 Å². The van der Waals surface area contributed by atoms with Crippen LogP contribution in [-0.2, 0) is 19.1 Å². The predicted octanol–water partition coefficient (Wildman–Crippen LogP) is 3.59. The van der Waals surface area contributed by atoms with Gasteiger partial charge in [-0.3, -0.25) is 4.79 Å². The molecule has 0 saturated heterocycles. The van der Waals surface area contributed by atoms with E-state index in [0.29, 0.717) is 5.57 Å². The minimum absolute atomic E-state index is 0.0638. The summed E-state index contributed by atoms with van der Waals surface area (Å²) in [6.45, 7) is 0. The Bertz CT molecular complexity index is 705. The fraction of sp³-hybridized carbons (Fsp3) is 0.200. The van der Waals surface area contributed by atoms with E-state index in [1.54, 1.807) is 6.08 Å². The highest BCUT2D eigenvalue weighted by Gasteiger charge is 2.26. The van der Waals surface area contributed by atoms with Crippen molar-refractivity contribution in [3.05, 3.63) is 77.4 Å². The third-order valence-electron chi connectivity index (χ3n) is 3.72. The standard InChI is InChI=1S/C20H20O4/c1-23-19(21)14-17(16-11-7-4-8-12-16)18(20(22)24-2)13-15-9-5-3-6-10-15/h3-13,17H,14H2,1-2H3/b18-13-. The van der Waals surface area contributed by atoms with E-state index in [1.807, 2.05) is 60.7 Å². The van der Waals surface area contributed by atoms with Crippen molar-refractivity contribution in [2.75, 3.05) is 14.2 Å². The van der Waals surface area contributed by atoms with E-state index in [2.05, 4.69) is 0 Å². The maximum atomic E-state index is 12.4. The zero-order valence-electron chi connectivity index (χ0n) is 13.8. The molecule has 2 aromatic rings. The van der Waals surface area contributed by atoms with Crippen molar-refractivity contribution in [3.8, 4) is 0 Å². The Kier molecular flexibility index (Phi) is 6.32. The van der Waals surface area contributed by atoms with Gasteiger partial charge in [0.15, 0.2) is 0 Å². The number of benzene rings is 2. The summed E-state index contributed by atoms with van der Waals surface area (Å²) >= 11 is 0. The average Bonchev–Trinajstić information content (AvgIpc) is 2.65. The number of carbonyl (C=O) groups excluding carboxylic acids is 2. The highest BCUT2D eigenvalue weighted by Crippen LogP contribution is 2.30. The fourth-order valence-electron chi connectivity index (χ4n) is 2.49.